The molecule has 0 radical (unpaired) electrons. The first-order valence-electron chi connectivity index (χ1n) is 8.31. The van der Waals surface area contributed by atoms with Gasteiger partial charge in [0.15, 0.2) is 11.4 Å². The van der Waals surface area contributed by atoms with Gasteiger partial charge in [-0.15, -0.1) is 11.3 Å². The van der Waals surface area contributed by atoms with Crippen LogP contribution in [0.2, 0.25) is 0 Å². The van der Waals surface area contributed by atoms with Crippen LogP contribution in [-0.4, -0.2) is 44.9 Å². The monoisotopic (exact) mass is 354 g/mol. The first-order valence-corrected chi connectivity index (χ1v) is 9.19. The Kier molecular flexibility index (Phi) is 4.09. The lowest BCUT2D eigenvalue weighted by atomic mass is 9.93. The lowest BCUT2D eigenvalue weighted by molar-refractivity contribution is 0.0707. The van der Waals surface area contributed by atoms with Crippen LogP contribution >= 0.6 is 11.3 Å². The number of amides is 1. The van der Waals surface area contributed by atoms with Crippen molar-refractivity contribution in [2.75, 3.05) is 13.1 Å². The van der Waals surface area contributed by atoms with Gasteiger partial charge in [-0.25, -0.2) is 4.98 Å². The van der Waals surface area contributed by atoms with E-state index in [1.165, 1.54) is 18.3 Å². The zero-order chi connectivity index (χ0) is 17.4. The fraction of sp³-hybridized carbons (Fsp3) is 0.333. The zero-order valence-corrected chi connectivity index (χ0v) is 14.7. The van der Waals surface area contributed by atoms with E-state index >= 15 is 0 Å². The van der Waals surface area contributed by atoms with Crippen LogP contribution in [0.1, 0.15) is 51.4 Å². The average Bonchev–Trinajstić information content (AvgIpc) is 3.28. The van der Waals surface area contributed by atoms with Gasteiger partial charge in [0, 0.05) is 41.7 Å². The van der Waals surface area contributed by atoms with E-state index < -0.39 is 0 Å². The summed E-state index contributed by atoms with van der Waals surface area (Å²) in [4.78, 5) is 31.0. The Morgan fingerprint density at radius 1 is 1.40 bits per heavy atom. The number of nitrogens with one attached hydrogen (secondary N) is 1. The lowest BCUT2D eigenvalue weighted by Crippen LogP contribution is -2.39. The number of aromatic amines is 1. The van der Waals surface area contributed by atoms with Crippen LogP contribution < -0.4 is 0 Å². The molecule has 1 amide bonds. The maximum atomic E-state index is 12.8. The van der Waals surface area contributed by atoms with E-state index in [1.807, 2.05) is 17.0 Å². The molecule has 4 rings (SSSR count). The minimum Gasteiger partial charge on any atom is -0.338 e. The lowest BCUT2D eigenvalue weighted by Gasteiger charge is -2.32. The third kappa shape index (κ3) is 2.95. The molecule has 3 aromatic heterocycles. The minimum atomic E-state index is -0.00426. The van der Waals surface area contributed by atoms with Crippen LogP contribution in [0.4, 0.5) is 0 Å². The molecule has 1 aliphatic heterocycles. The Bertz CT molecular complexity index is 945. The van der Waals surface area contributed by atoms with Crippen molar-refractivity contribution >= 4 is 34.1 Å². The van der Waals surface area contributed by atoms with Gasteiger partial charge in [-0.1, -0.05) is 0 Å². The van der Waals surface area contributed by atoms with Crippen molar-refractivity contribution < 1.29 is 9.59 Å². The molecule has 0 bridgehead atoms. The fourth-order valence-electron chi connectivity index (χ4n) is 3.39. The Morgan fingerprint density at radius 2 is 2.28 bits per heavy atom. The van der Waals surface area contributed by atoms with Crippen molar-refractivity contribution in [1.82, 2.24) is 20.1 Å². The standard InChI is InChI=1S/C18H18N4O2S/c1-11(23)15-8-13(10-25-15)18(24)22-7-3-4-12(9-22)16-14-5-2-6-19-17(14)21-20-16/h2,5-6,8,10,12H,3-4,7,9H2,1H3,(H,19,20,21)/t12-/m1/s1. The van der Waals surface area contributed by atoms with Gasteiger partial charge < -0.3 is 4.90 Å². The molecular weight excluding hydrogens is 336 g/mol. The number of thiophene rings is 1. The highest BCUT2D eigenvalue weighted by atomic mass is 32.1. The number of H-pyrrole nitrogens is 1. The molecule has 1 N–H and O–H groups in total. The second-order valence-electron chi connectivity index (χ2n) is 6.36. The van der Waals surface area contributed by atoms with E-state index in [9.17, 15) is 9.59 Å². The number of Topliss-reactive ketones (excluding diaryl/α,β-unsaturated/α-hetero) is 1. The summed E-state index contributed by atoms with van der Waals surface area (Å²) in [6.07, 6.45) is 3.69. The minimum absolute atomic E-state index is 0.00278. The van der Waals surface area contributed by atoms with Crippen LogP contribution in [0, 0.1) is 0 Å². The van der Waals surface area contributed by atoms with E-state index in [0.29, 0.717) is 22.6 Å². The highest BCUT2D eigenvalue weighted by molar-refractivity contribution is 7.12. The molecule has 0 saturated carbocycles. The second kappa shape index (κ2) is 6.40. The highest BCUT2D eigenvalue weighted by Crippen LogP contribution is 2.31. The summed E-state index contributed by atoms with van der Waals surface area (Å²) < 4.78 is 0. The third-order valence-corrected chi connectivity index (χ3v) is 5.70. The van der Waals surface area contributed by atoms with Gasteiger partial charge >= 0.3 is 0 Å². The number of ketones is 1. The fourth-order valence-corrected chi connectivity index (χ4v) is 4.18. The molecule has 128 valence electrons. The van der Waals surface area contributed by atoms with Gasteiger partial charge in [0.2, 0.25) is 0 Å². The quantitative estimate of drug-likeness (QED) is 0.732. The smallest absolute Gasteiger partial charge is 0.254 e. The Labute approximate surface area is 148 Å². The van der Waals surface area contributed by atoms with Crippen LogP contribution in [0.15, 0.2) is 29.8 Å². The molecule has 1 aliphatic rings. The summed E-state index contributed by atoms with van der Waals surface area (Å²) in [5.41, 5.74) is 2.37. The van der Waals surface area contributed by atoms with Gasteiger partial charge in [0.05, 0.1) is 10.4 Å². The molecule has 0 aromatic carbocycles. The number of aromatic nitrogens is 3. The maximum Gasteiger partial charge on any atom is 0.254 e. The van der Waals surface area contributed by atoms with E-state index in [-0.39, 0.29) is 17.6 Å². The van der Waals surface area contributed by atoms with Gasteiger partial charge in [-0.05, 0) is 38.0 Å². The van der Waals surface area contributed by atoms with Gasteiger partial charge in [-0.3, -0.25) is 14.7 Å². The molecule has 25 heavy (non-hydrogen) atoms. The Hall–Kier alpha value is -2.54. The van der Waals surface area contributed by atoms with Crippen molar-refractivity contribution in [1.29, 1.82) is 0 Å². The number of carbonyl (C=O) groups excluding carboxylic acids is 2. The second-order valence-corrected chi connectivity index (χ2v) is 7.27. The van der Waals surface area contributed by atoms with Crippen molar-refractivity contribution in [2.45, 2.75) is 25.7 Å². The number of piperidine rings is 1. The van der Waals surface area contributed by atoms with E-state index in [2.05, 4.69) is 15.2 Å². The van der Waals surface area contributed by atoms with Crippen molar-refractivity contribution in [3.8, 4) is 0 Å². The van der Waals surface area contributed by atoms with E-state index in [0.717, 1.165) is 30.5 Å². The van der Waals surface area contributed by atoms with Crippen molar-refractivity contribution in [2.24, 2.45) is 0 Å². The van der Waals surface area contributed by atoms with Crippen LogP contribution in [0.25, 0.3) is 11.0 Å². The summed E-state index contributed by atoms with van der Waals surface area (Å²) in [6.45, 7) is 2.91. The van der Waals surface area contributed by atoms with Crippen LogP contribution in [-0.2, 0) is 0 Å². The zero-order valence-electron chi connectivity index (χ0n) is 13.9. The van der Waals surface area contributed by atoms with E-state index in [1.54, 1.807) is 17.6 Å². The summed E-state index contributed by atoms with van der Waals surface area (Å²) in [7, 11) is 0. The van der Waals surface area contributed by atoms with Crippen LogP contribution in [0.3, 0.4) is 0 Å². The number of pyridine rings is 1. The van der Waals surface area contributed by atoms with Crippen molar-refractivity contribution in [3.63, 3.8) is 0 Å². The predicted molar refractivity (Wildman–Crippen MR) is 96.1 cm³/mol. The van der Waals surface area contributed by atoms with Gasteiger partial charge in [-0.2, -0.15) is 5.10 Å². The first-order chi connectivity index (χ1) is 12.1. The molecule has 6 nitrogen and oxygen atoms in total. The Balaban J connectivity index is 1.56. The van der Waals surface area contributed by atoms with E-state index in [4.69, 9.17) is 0 Å². The first kappa shape index (κ1) is 16.0. The molecular formula is C18H18N4O2S. The number of rotatable bonds is 3. The highest BCUT2D eigenvalue weighted by Gasteiger charge is 2.28. The molecule has 3 aromatic rings. The molecule has 1 fully saturated rings. The average molecular weight is 354 g/mol. The van der Waals surface area contributed by atoms with Gasteiger partial charge in [0.1, 0.15) is 0 Å². The molecule has 0 unspecified atom stereocenters. The maximum absolute atomic E-state index is 12.8. The summed E-state index contributed by atoms with van der Waals surface area (Å²) in [6, 6.07) is 5.62. The molecule has 1 saturated heterocycles. The van der Waals surface area contributed by atoms with Crippen LogP contribution in [0.5, 0.6) is 0 Å². The molecule has 1 atom stereocenters. The number of carbonyl (C=O) groups is 2. The topological polar surface area (TPSA) is 79.0 Å². The van der Waals surface area contributed by atoms with Gasteiger partial charge in [0.25, 0.3) is 5.91 Å². The molecule has 7 heteroatoms. The molecule has 0 aliphatic carbocycles. The third-order valence-electron chi connectivity index (χ3n) is 4.67. The number of hydrogen-bond donors (Lipinski definition) is 1. The van der Waals surface area contributed by atoms with Crippen molar-refractivity contribution in [3.05, 3.63) is 45.9 Å². The summed E-state index contributed by atoms with van der Waals surface area (Å²) in [5, 5.41) is 10.2. The number of hydrogen-bond acceptors (Lipinski definition) is 5. The normalized spacial score (nSPS) is 17.8. The SMILES string of the molecule is CC(=O)c1cc(C(=O)N2CCC[C@@H](c3[nH]nc4ncccc34)C2)cs1. The number of nitrogens with zero attached hydrogens (tertiary/aromatic N) is 3. The number of likely N-dealkylation sites (tertiary alicyclic amines) is 1. The molecule has 4 heterocycles. The number of fused-ring (bicyclic) bond motifs is 1. The summed E-state index contributed by atoms with van der Waals surface area (Å²) in [5.74, 6) is 0.213. The predicted octanol–water partition coefficient (Wildman–Crippen LogP) is 3.24. The molecule has 0 spiro atoms. The largest absolute Gasteiger partial charge is 0.338 e. The Morgan fingerprint density at radius 3 is 3.08 bits per heavy atom. The summed E-state index contributed by atoms with van der Waals surface area (Å²) >= 11 is 1.33.